The average molecular weight is 216 g/mol. The highest BCUT2D eigenvalue weighted by molar-refractivity contribution is 4.86. The number of hydrogen-bond donors (Lipinski definition) is 3. The van der Waals surface area contributed by atoms with Crippen molar-refractivity contribution in [1.82, 2.24) is 10.2 Å². The van der Waals surface area contributed by atoms with Gasteiger partial charge in [-0.1, -0.05) is 6.92 Å². The quantitative estimate of drug-likeness (QED) is 0.602. The summed E-state index contributed by atoms with van der Waals surface area (Å²) in [6.45, 7) is 5.87. The van der Waals surface area contributed by atoms with Gasteiger partial charge in [0, 0.05) is 25.2 Å². The van der Waals surface area contributed by atoms with Gasteiger partial charge in [0.15, 0.2) is 0 Å². The molecule has 0 bridgehead atoms. The van der Waals surface area contributed by atoms with Crippen molar-refractivity contribution in [1.29, 1.82) is 0 Å². The summed E-state index contributed by atoms with van der Waals surface area (Å²) < 4.78 is 0. The van der Waals surface area contributed by atoms with Gasteiger partial charge in [-0.3, -0.25) is 0 Å². The summed E-state index contributed by atoms with van der Waals surface area (Å²) in [7, 11) is 2.15. The monoisotopic (exact) mass is 216 g/mol. The number of aliphatic hydroxyl groups excluding tert-OH is 2. The Balaban J connectivity index is 2.34. The SMILES string of the molecule is CC1CN(C)C(C)CC1NCC(O)CO. The van der Waals surface area contributed by atoms with Crippen molar-refractivity contribution in [2.45, 2.75) is 38.5 Å². The second kappa shape index (κ2) is 5.80. The van der Waals surface area contributed by atoms with Crippen LogP contribution in [0.2, 0.25) is 0 Å². The fraction of sp³-hybridized carbons (Fsp3) is 1.00. The van der Waals surface area contributed by atoms with E-state index in [9.17, 15) is 5.11 Å². The Morgan fingerprint density at radius 3 is 2.73 bits per heavy atom. The number of nitrogens with one attached hydrogen (secondary N) is 1. The molecule has 0 spiro atoms. The molecule has 0 aliphatic carbocycles. The summed E-state index contributed by atoms with van der Waals surface area (Å²) in [5.74, 6) is 0.595. The van der Waals surface area contributed by atoms with E-state index in [2.05, 4.69) is 31.1 Å². The first kappa shape index (κ1) is 12.9. The predicted molar refractivity (Wildman–Crippen MR) is 60.8 cm³/mol. The molecule has 4 unspecified atom stereocenters. The third-order valence-corrected chi connectivity index (χ3v) is 3.44. The zero-order valence-electron chi connectivity index (χ0n) is 9.98. The van der Waals surface area contributed by atoms with E-state index < -0.39 is 6.10 Å². The third-order valence-electron chi connectivity index (χ3n) is 3.44. The van der Waals surface area contributed by atoms with Crippen LogP contribution in [0, 0.1) is 5.92 Å². The van der Waals surface area contributed by atoms with Crippen LogP contribution in [0.5, 0.6) is 0 Å². The lowest BCUT2D eigenvalue weighted by molar-refractivity contribution is 0.0754. The van der Waals surface area contributed by atoms with Crippen LogP contribution in [0.25, 0.3) is 0 Å². The first-order chi connectivity index (χ1) is 7.04. The van der Waals surface area contributed by atoms with E-state index in [4.69, 9.17) is 5.11 Å². The van der Waals surface area contributed by atoms with E-state index in [0.29, 0.717) is 24.5 Å². The summed E-state index contributed by atoms with van der Waals surface area (Å²) in [6.07, 6.45) is 0.475. The van der Waals surface area contributed by atoms with Gasteiger partial charge in [-0.25, -0.2) is 0 Å². The number of aliphatic hydroxyl groups is 2. The Labute approximate surface area is 92.3 Å². The number of rotatable bonds is 4. The molecule has 1 heterocycles. The van der Waals surface area contributed by atoms with Crippen molar-refractivity contribution in [2.75, 3.05) is 26.7 Å². The van der Waals surface area contributed by atoms with Gasteiger partial charge < -0.3 is 20.4 Å². The van der Waals surface area contributed by atoms with E-state index in [1.807, 2.05) is 0 Å². The molecule has 0 aromatic rings. The summed E-state index contributed by atoms with van der Waals surface area (Å²) in [5.41, 5.74) is 0. The average Bonchev–Trinajstić information content (AvgIpc) is 2.21. The van der Waals surface area contributed by atoms with Crippen LogP contribution in [-0.4, -0.2) is 60.0 Å². The first-order valence-corrected chi connectivity index (χ1v) is 5.77. The van der Waals surface area contributed by atoms with Crippen molar-refractivity contribution in [3.63, 3.8) is 0 Å². The van der Waals surface area contributed by atoms with E-state index in [0.717, 1.165) is 13.0 Å². The predicted octanol–water partition coefficient (Wildman–Crippen LogP) is -0.342. The van der Waals surface area contributed by atoms with Gasteiger partial charge >= 0.3 is 0 Å². The van der Waals surface area contributed by atoms with Crippen LogP contribution < -0.4 is 5.32 Å². The second-order valence-corrected chi connectivity index (χ2v) is 4.85. The molecular formula is C11H24N2O2. The van der Waals surface area contributed by atoms with E-state index in [1.54, 1.807) is 0 Å². The molecule has 0 saturated carbocycles. The second-order valence-electron chi connectivity index (χ2n) is 4.85. The van der Waals surface area contributed by atoms with E-state index >= 15 is 0 Å². The molecule has 90 valence electrons. The Bertz CT molecular complexity index is 189. The molecule has 1 aliphatic heterocycles. The van der Waals surface area contributed by atoms with Gasteiger partial charge in [0.25, 0.3) is 0 Å². The number of likely N-dealkylation sites (tertiary alicyclic amines) is 1. The van der Waals surface area contributed by atoms with Crippen LogP contribution in [0.3, 0.4) is 0 Å². The van der Waals surface area contributed by atoms with Gasteiger partial charge in [0.1, 0.15) is 0 Å². The lowest BCUT2D eigenvalue weighted by atomic mass is 9.90. The molecule has 1 fully saturated rings. The lowest BCUT2D eigenvalue weighted by Crippen LogP contribution is -2.52. The van der Waals surface area contributed by atoms with E-state index in [1.165, 1.54) is 0 Å². The smallest absolute Gasteiger partial charge is 0.0895 e. The van der Waals surface area contributed by atoms with Crippen LogP contribution in [0.1, 0.15) is 20.3 Å². The number of nitrogens with zero attached hydrogens (tertiary/aromatic N) is 1. The van der Waals surface area contributed by atoms with Gasteiger partial charge in [0.05, 0.1) is 12.7 Å². The molecule has 1 aliphatic rings. The maximum Gasteiger partial charge on any atom is 0.0895 e. The highest BCUT2D eigenvalue weighted by Gasteiger charge is 2.28. The minimum Gasteiger partial charge on any atom is -0.394 e. The molecule has 4 nitrogen and oxygen atoms in total. The van der Waals surface area contributed by atoms with Crippen molar-refractivity contribution >= 4 is 0 Å². The largest absolute Gasteiger partial charge is 0.394 e. The van der Waals surface area contributed by atoms with Gasteiger partial charge in [0.2, 0.25) is 0 Å². The Hall–Kier alpha value is -0.160. The van der Waals surface area contributed by atoms with Crippen molar-refractivity contribution in [2.24, 2.45) is 5.92 Å². The third kappa shape index (κ3) is 3.72. The van der Waals surface area contributed by atoms with Crippen LogP contribution in [-0.2, 0) is 0 Å². The Morgan fingerprint density at radius 1 is 1.47 bits per heavy atom. The van der Waals surface area contributed by atoms with Crippen molar-refractivity contribution < 1.29 is 10.2 Å². The topological polar surface area (TPSA) is 55.7 Å². The standard InChI is InChI=1S/C11H24N2O2/c1-8-6-13(3)9(2)4-11(8)12-5-10(15)7-14/h8-12,14-15H,4-7H2,1-3H3. The summed E-state index contributed by atoms with van der Waals surface area (Å²) in [4.78, 5) is 2.37. The van der Waals surface area contributed by atoms with Crippen molar-refractivity contribution in [3.8, 4) is 0 Å². The molecule has 1 rings (SSSR count). The maximum atomic E-state index is 9.27. The van der Waals surface area contributed by atoms with Gasteiger partial charge in [-0.05, 0) is 26.3 Å². The number of piperidine rings is 1. The maximum absolute atomic E-state index is 9.27. The van der Waals surface area contributed by atoms with Crippen LogP contribution in [0.4, 0.5) is 0 Å². The number of hydrogen-bond acceptors (Lipinski definition) is 4. The highest BCUT2D eigenvalue weighted by Crippen LogP contribution is 2.20. The first-order valence-electron chi connectivity index (χ1n) is 5.77. The minimum atomic E-state index is -0.632. The Kier molecular flexibility index (Phi) is 4.99. The Morgan fingerprint density at radius 2 is 2.13 bits per heavy atom. The molecule has 0 amide bonds. The molecule has 3 N–H and O–H groups in total. The molecule has 0 aromatic carbocycles. The summed E-state index contributed by atoms with van der Waals surface area (Å²) >= 11 is 0. The molecule has 0 radical (unpaired) electrons. The fourth-order valence-electron chi connectivity index (χ4n) is 2.18. The molecular weight excluding hydrogens is 192 g/mol. The molecule has 1 saturated heterocycles. The van der Waals surface area contributed by atoms with Gasteiger partial charge in [-0.15, -0.1) is 0 Å². The summed E-state index contributed by atoms with van der Waals surface area (Å²) in [5, 5.41) is 21.3. The van der Waals surface area contributed by atoms with Crippen LogP contribution in [0.15, 0.2) is 0 Å². The van der Waals surface area contributed by atoms with Crippen LogP contribution >= 0.6 is 0 Å². The van der Waals surface area contributed by atoms with Gasteiger partial charge in [-0.2, -0.15) is 0 Å². The van der Waals surface area contributed by atoms with E-state index in [-0.39, 0.29) is 6.61 Å². The summed E-state index contributed by atoms with van der Waals surface area (Å²) in [6, 6.07) is 1.04. The lowest BCUT2D eigenvalue weighted by Gasteiger charge is -2.40. The normalized spacial score (nSPS) is 35.4. The molecule has 15 heavy (non-hydrogen) atoms. The molecule has 4 heteroatoms. The highest BCUT2D eigenvalue weighted by atomic mass is 16.3. The minimum absolute atomic E-state index is 0.163. The zero-order valence-corrected chi connectivity index (χ0v) is 9.98. The zero-order chi connectivity index (χ0) is 11.4. The van der Waals surface area contributed by atoms with Crippen molar-refractivity contribution in [3.05, 3.63) is 0 Å². The molecule has 0 aromatic heterocycles. The fourth-order valence-corrected chi connectivity index (χ4v) is 2.18. The molecule has 4 atom stereocenters.